The largest absolute Gasteiger partial charge is 0.490 e. The lowest BCUT2D eigenvalue weighted by Gasteiger charge is -2.16. The Kier molecular flexibility index (Phi) is 8.48. The first kappa shape index (κ1) is 19.1. The fourth-order valence-electron chi connectivity index (χ4n) is 2.91. The fraction of sp³-hybridized carbons (Fsp3) is 0.600. The van der Waals surface area contributed by atoms with Crippen LogP contribution in [0.1, 0.15) is 57.9 Å². The summed E-state index contributed by atoms with van der Waals surface area (Å²) >= 11 is 6.42. The van der Waals surface area contributed by atoms with E-state index in [9.17, 15) is 0 Å². The lowest BCUT2D eigenvalue weighted by atomic mass is 9.97. The molecule has 0 saturated carbocycles. The highest BCUT2D eigenvalue weighted by molar-refractivity contribution is 6.31. The maximum atomic E-state index is 6.42. The third-order valence-electron chi connectivity index (χ3n) is 4.20. The standard InChI is InChI=1S/C20H30ClNO2/c1-3-12-24-20-14-18(21)17(13-19(20)23-4-2)15-22-11-10-16-8-6-5-7-9-16/h8,13-14,22H,3-7,9-12,15H2,1-2H3. The second-order valence-corrected chi connectivity index (χ2v) is 6.61. The summed E-state index contributed by atoms with van der Waals surface area (Å²) in [7, 11) is 0. The van der Waals surface area contributed by atoms with Crippen molar-refractivity contribution in [3.63, 3.8) is 0 Å². The van der Waals surface area contributed by atoms with Crippen LogP contribution in [0.3, 0.4) is 0 Å². The first-order chi connectivity index (χ1) is 11.7. The molecule has 4 heteroatoms. The Morgan fingerprint density at radius 3 is 2.67 bits per heavy atom. The van der Waals surface area contributed by atoms with Crippen molar-refractivity contribution in [2.75, 3.05) is 19.8 Å². The first-order valence-electron chi connectivity index (χ1n) is 9.21. The van der Waals surface area contributed by atoms with Gasteiger partial charge in [-0.2, -0.15) is 0 Å². The zero-order valence-corrected chi connectivity index (χ0v) is 15.8. The molecule has 0 atom stereocenters. The average molecular weight is 352 g/mol. The molecule has 1 aromatic carbocycles. The van der Waals surface area contributed by atoms with Gasteiger partial charge in [-0.1, -0.05) is 30.2 Å². The Labute approximate surface area is 151 Å². The molecule has 3 nitrogen and oxygen atoms in total. The number of allylic oxidation sites excluding steroid dienone is 1. The van der Waals surface area contributed by atoms with E-state index in [-0.39, 0.29) is 0 Å². The van der Waals surface area contributed by atoms with Crippen molar-refractivity contribution in [1.29, 1.82) is 0 Å². The summed E-state index contributed by atoms with van der Waals surface area (Å²) in [6, 6.07) is 3.88. The molecule has 134 valence electrons. The first-order valence-corrected chi connectivity index (χ1v) is 9.59. The van der Waals surface area contributed by atoms with Crippen LogP contribution in [-0.2, 0) is 6.54 Å². The number of rotatable bonds is 10. The van der Waals surface area contributed by atoms with Crippen molar-refractivity contribution in [2.45, 2.75) is 58.9 Å². The normalized spacial score (nSPS) is 14.4. The summed E-state index contributed by atoms with van der Waals surface area (Å²) in [5.74, 6) is 1.52. The van der Waals surface area contributed by atoms with Crippen molar-refractivity contribution in [3.05, 3.63) is 34.4 Å². The number of halogens is 1. The molecule has 0 aliphatic heterocycles. The van der Waals surface area contributed by atoms with Gasteiger partial charge in [-0.05, 0) is 63.6 Å². The highest BCUT2D eigenvalue weighted by Gasteiger charge is 2.11. The van der Waals surface area contributed by atoms with Crippen molar-refractivity contribution >= 4 is 11.6 Å². The molecule has 0 bridgehead atoms. The van der Waals surface area contributed by atoms with E-state index in [4.69, 9.17) is 21.1 Å². The lowest BCUT2D eigenvalue weighted by Crippen LogP contribution is -2.16. The fourth-order valence-corrected chi connectivity index (χ4v) is 3.13. The third-order valence-corrected chi connectivity index (χ3v) is 4.55. The zero-order valence-electron chi connectivity index (χ0n) is 15.0. The third kappa shape index (κ3) is 6.03. The van der Waals surface area contributed by atoms with Crippen LogP contribution in [0.15, 0.2) is 23.8 Å². The van der Waals surface area contributed by atoms with Crippen LogP contribution in [0.5, 0.6) is 11.5 Å². The van der Waals surface area contributed by atoms with Gasteiger partial charge in [0.05, 0.1) is 13.2 Å². The van der Waals surface area contributed by atoms with Gasteiger partial charge < -0.3 is 14.8 Å². The summed E-state index contributed by atoms with van der Waals surface area (Å²) in [4.78, 5) is 0. The molecule has 2 rings (SSSR count). The van der Waals surface area contributed by atoms with Gasteiger partial charge in [0, 0.05) is 17.6 Å². The lowest BCUT2D eigenvalue weighted by molar-refractivity contribution is 0.276. The maximum Gasteiger partial charge on any atom is 0.162 e. The zero-order chi connectivity index (χ0) is 17.2. The topological polar surface area (TPSA) is 30.5 Å². The SMILES string of the molecule is CCCOc1cc(Cl)c(CNCCC2=CCCCC2)cc1OCC. The van der Waals surface area contributed by atoms with Gasteiger partial charge in [0.15, 0.2) is 11.5 Å². The Hall–Kier alpha value is -1.19. The second-order valence-electron chi connectivity index (χ2n) is 6.21. The smallest absolute Gasteiger partial charge is 0.162 e. The molecule has 0 saturated heterocycles. The molecule has 0 aromatic heterocycles. The van der Waals surface area contributed by atoms with Crippen LogP contribution in [0.25, 0.3) is 0 Å². The van der Waals surface area contributed by atoms with Crippen molar-refractivity contribution in [1.82, 2.24) is 5.32 Å². The number of hydrogen-bond donors (Lipinski definition) is 1. The minimum Gasteiger partial charge on any atom is -0.490 e. The number of benzene rings is 1. The Morgan fingerprint density at radius 1 is 1.12 bits per heavy atom. The molecule has 0 amide bonds. The molecular weight excluding hydrogens is 322 g/mol. The molecule has 1 aliphatic rings. The highest BCUT2D eigenvalue weighted by Crippen LogP contribution is 2.33. The minimum absolute atomic E-state index is 0.616. The number of ether oxygens (including phenoxy) is 2. The number of hydrogen-bond acceptors (Lipinski definition) is 3. The summed E-state index contributed by atoms with van der Waals surface area (Å²) < 4.78 is 11.5. The van der Waals surface area contributed by atoms with Gasteiger partial charge >= 0.3 is 0 Å². The minimum atomic E-state index is 0.616. The summed E-state index contributed by atoms with van der Waals surface area (Å²) in [5, 5.41) is 4.23. The van der Waals surface area contributed by atoms with Gasteiger partial charge in [0.1, 0.15) is 0 Å². The van der Waals surface area contributed by atoms with E-state index in [1.165, 1.54) is 25.7 Å². The van der Waals surface area contributed by atoms with Crippen molar-refractivity contribution in [2.24, 2.45) is 0 Å². The van der Waals surface area contributed by atoms with E-state index in [2.05, 4.69) is 18.3 Å². The van der Waals surface area contributed by atoms with Crippen LogP contribution in [0.2, 0.25) is 5.02 Å². The van der Waals surface area contributed by atoms with Gasteiger partial charge in [-0.3, -0.25) is 0 Å². The summed E-state index contributed by atoms with van der Waals surface area (Å²) in [5.41, 5.74) is 2.65. The van der Waals surface area contributed by atoms with Gasteiger partial charge in [0.25, 0.3) is 0 Å². The Bertz CT molecular complexity index is 543. The van der Waals surface area contributed by atoms with Gasteiger partial charge in [-0.25, -0.2) is 0 Å². The van der Waals surface area contributed by atoms with E-state index in [0.29, 0.717) is 13.2 Å². The molecule has 1 aliphatic carbocycles. The van der Waals surface area contributed by atoms with E-state index < -0.39 is 0 Å². The van der Waals surface area contributed by atoms with Crippen LogP contribution in [0.4, 0.5) is 0 Å². The van der Waals surface area contributed by atoms with Crippen LogP contribution in [0, 0.1) is 0 Å². The van der Waals surface area contributed by atoms with Crippen molar-refractivity contribution < 1.29 is 9.47 Å². The van der Waals surface area contributed by atoms with Crippen LogP contribution < -0.4 is 14.8 Å². The Balaban J connectivity index is 1.91. The predicted octanol–water partition coefficient (Wildman–Crippen LogP) is 5.51. The maximum absolute atomic E-state index is 6.42. The highest BCUT2D eigenvalue weighted by atomic mass is 35.5. The molecule has 0 spiro atoms. The van der Waals surface area contributed by atoms with E-state index >= 15 is 0 Å². The molecule has 24 heavy (non-hydrogen) atoms. The molecule has 1 N–H and O–H groups in total. The molecule has 1 aromatic rings. The number of nitrogens with one attached hydrogen (secondary N) is 1. The quantitative estimate of drug-likeness (QED) is 0.445. The molecule has 0 unspecified atom stereocenters. The average Bonchev–Trinajstić information content (AvgIpc) is 2.60. The van der Waals surface area contributed by atoms with E-state index in [1.54, 1.807) is 5.57 Å². The molecule has 0 heterocycles. The van der Waals surface area contributed by atoms with Gasteiger partial charge in [-0.15, -0.1) is 0 Å². The van der Waals surface area contributed by atoms with Gasteiger partial charge in [0.2, 0.25) is 0 Å². The Morgan fingerprint density at radius 2 is 1.96 bits per heavy atom. The molecule has 0 fully saturated rings. The summed E-state index contributed by atoms with van der Waals surface area (Å²) in [6.45, 7) is 7.09. The molecular formula is C20H30ClNO2. The van der Waals surface area contributed by atoms with Crippen LogP contribution >= 0.6 is 11.6 Å². The van der Waals surface area contributed by atoms with Crippen molar-refractivity contribution in [3.8, 4) is 11.5 Å². The van der Waals surface area contributed by atoms with Crippen LogP contribution in [-0.4, -0.2) is 19.8 Å². The second kappa shape index (κ2) is 10.6. The van der Waals surface area contributed by atoms with E-state index in [1.807, 2.05) is 19.1 Å². The van der Waals surface area contributed by atoms with E-state index in [0.717, 1.165) is 48.0 Å². The predicted molar refractivity (Wildman–Crippen MR) is 101 cm³/mol. The monoisotopic (exact) mass is 351 g/mol. The molecule has 0 radical (unpaired) electrons. The summed E-state index contributed by atoms with van der Waals surface area (Å²) in [6.07, 6.45) is 9.70.